The molecule has 1 heterocycles. The Morgan fingerprint density at radius 2 is 1.59 bits per heavy atom. The number of rotatable bonds is 7. The molecule has 4 rings (SSSR count). The normalized spacial score (nSPS) is 13.8. The summed E-state index contributed by atoms with van der Waals surface area (Å²) >= 11 is 1.41. The molecule has 3 aromatic carbocycles. The first-order valence-corrected chi connectivity index (χ1v) is 11.6. The summed E-state index contributed by atoms with van der Waals surface area (Å²) in [5.41, 5.74) is 4.78. The smallest absolute Gasteiger partial charge is 0.272 e. The largest absolute Gasteiger partial charge is 0.494 e. The molecule has 0 aliphatic carbocycles. The van der Waals surface area contributed by atoms with Gasteiger partial charge in [-0.15, -0.1) is 11.8 Å². The summed E-state index contributed by atoms with van der Waals surface area (Å²) < 4.78 is 5.54. The zero-order valence-electron chi connectivity index (χ0n) is 18.4. The second kappa shape index (κ2) is 9.45. The fourth-order valence-corrected chi connectivity index (χ4v) is 4.76. The highest BCUT2D eigenvalue weighted by atomic mass is 32.2. The lowest BCUT2D eigenvalue weighted by Crippen LogP contribution is -2.32. The molecular weight excluding hydrogens is 418 g/mol. The molecule has 0 saturated carbocycles. The average molecular weight is 444 g/mol. The summed E-state index contributed by atoms with van der Waals surface area (Å²) in [6, 6.07) is 23.1. The van der Waals surface area contributed by atoms with Crippen LogP contribution in [0, 0.1) is 13.8 Å². The number of anilines is 1. The van der Waals surface area contributed by atoms with Gasteiger partial charge in [-0.25, -0.2) is 4.90 Å². The molecule has 0 fully saturated rings. The predicted molar refractivity (Wildman–Crippen MR) is 131 cm³/mol. The van der Waals surface area contributed by atoms with E-state index in [-0.39, 0.29) is 11.8 Å². The molecule has 0 unspecified atom stereocenters. The van der Waals surface area contributed by atoms with Crippen molar-refractivity contribution < 1.29 is 14.3 Å². The van der Waals surface area contributed by atoms with Crippen LogP contribution in [0.15, 0.2) is 77.7 Å². The van der Waals surface area contributed by atoms with Gasteiger partial charge < -0.3 is 4.74 Å². The van der Waals surface area contributed by atoms with E-state index >= 15 is 0 Å². The van der Waals surface area contributed by atoms with Gasteiger partial charge in [0.1, 0.15) is 5.75 Å². The maximum absolute atomic E-state index is 13.6. The molecule has 0 spiro atoms. The monoisotopic (exact) mass is 443 g/mol. The molecule has 1 aliphatic rings. The molecule has 3 aromatic rings. The topological polar surface area (TPSA) is 46.6 Å². The van der Waals surface area contributed by atoms with E-state index in [9.17, 15) is 9.59 Å². The summed E-state index contributed by atoms with van der Waals surface area (Å²) in [6.07, 6.45) is 0. The van der Waals surface area contributed by atoms with Crippen LogP contribution in [0.1, 0.15) is 29.2 Å². The number of nitrogens with zero attached hydrogens (tertiary/aromatic N) is 1. The van der Waals surface area contributed by atoms with Gasteiger partial charge in [0.05, 0.1) is 22.8 Å². The first kappa shape index (κ1) is 21.9. The number of amides is 2. The van der Waals surface area contributed by atoms with Gasteiger partial charge in [-0.1, -0.05) is 54.6 Å². The van der Waals surface area contributed by atoms with Crippen molar-refractivity contribution in [1.29, 1.82) is 0 Å². The fourth-order valence-electron chi connectivity index (χ4n) is 3.69. The summed E-state index contributed by atoms with van der Waals surface area (Å²) in [5, 5.41) is 0. The molecule has 0 aromatic heterocycles. The van der Waals surface area contributed by atoms with Crippen molar-refractivity contribution in [1.82, 2.24) is 0 Å². The van der Waals surface area contributed by atoms with Crippen LogP contribution < -0.4 is 9.64 Å². The molecule has 4 nitrogen and oxygen atoms in total. The van der Waals surface area contributed by atoms with Gasteiger partial charge in [0.2, 0.25) is 0 Å². The number of aryl methyl sites for hydroxylation is 2. The number of hydrogen-bond donors (Lipinski definition) is 0. The minimum absolute atomic E-state index is 0.270. The highest BCUT2D eigenvalue weighted by Gasteiger charge is 2.40. The summed E-state index contributed by atoms with van der Waals surface area (Å²) in [4.78, 5) is 29.0. The SMILES string of the molecule is CCOc1ccc(C2=C(SCc3ccccc3)C(=O)N(c3cc(C)ccc3C)C2=O)cc1. The van der Waals surface area contributed by atoms with Crippen molar-refractivity contribution in [2.75, 3.05) is 11.5 Å². The van der Waals surface area contributed by atoms with Crippen LogP contribution in [0.5, 0.6) is 5.75 Å². The van der Waals surface area contributed by atoms with Crippen molar-refractivity contribution in [3.05, 3.63) is 100.0 Å². The third-order valence-electron chi connectivity index (χ3n) is 5.33. The molecule has 0 atom stereocenters. The number of hydrogen-bond acceptors (Lipinski definition) is 4. The Bertz CT molecular complexity index is 1180. The van der Waals surface area contributed by atoms with E-state index in [2.05, 4.69) is 0 Å². The zero-order chi connectivity index (χ0) is 22.7. The van der Waals surface area contributed by atoms with Gasteiger partial charge in [0.15, 0.2) is 0 Å². The van der Waals surface area contributed by atoms with E-state index < -0.39 is 0 Å². The number of carbonyl (C=O) groups is 2. The van der Waals surface area contributed by atoms with E-state index in [1.54, 1.807) is 0 Å². The lowest BCUT2D eigenvalue weighted by molar-refractivity contribution is -0.119. The maximum Gasteiger partial charge on any atom is 0.272 e. The lowest BCUT2D eigenvalue weighted by Gasteiger charge is -2.18. The van der Waals surface area contributed by atoms with Gasteiger partial charge in [-0.05, 0) is 61.2 Å². The molecule has 32 heavy (non-hydrogen) atoms. The Morgan fingerprint density at radius 1 is 0.875 bits per heavy atom. The van der Waals surface area contributed by atoms with Gasteiger partial charge in [-0.3, -0.25) is 9.59 Å². The Balaban J connectivity index is 1.75. The number of carbonyl (C=O) groups excluding carboxylic acids is 2. The highest BCUT2D eigenvalue weighted by Crippen LogP contribution is 2.40. The minimum atomic E-state index is -0.288. The fraction of sp³-hybridized carbons (Fsp3) is 0.185. The first-order chi connectivity index (χ1) is 15.5. The van der Waals surface area contributed by atoms with E-state index in [1.807, 2.05) is 93.6 Å². The van der Waals surface area contributed by atoms with Crippen molar-refractivity contribution in [3.63, 3.8) is 0 Å². The first-order valence-electron chi connectivity index (χ1n) is 10.6. The third-order valence-corrected chi connectivity index (χ3v) is 6.47. The summed E-state index contributed by atoms with van der Waals surface area (Å²) in [6.45, 7) is 6.37. The van der Waals surface area contributed by atoms with Crippen LogP contribution in [-0.4, -0.2) is 18.4 Å². The predicted octanol–water partition coefficient (Wildman–Crippen LogP) is 5.92. The van der Waals surface area contributed by atoms with Gasteiger partial charge in [0.25, 0.3) is 11.8 Å². The molecule has 162 valence electrons. The zero-order valence-corrected chi connectivity index (χ0v) is 19.2. The van der Waals surface area contributed by atoms with Crippen LogP contribution in [0.3, 0.4) is 0 Å². The molecular formula is C27H25NO3S. The number of ether oxygens (including phenoxy) is 1. The Hall–Kier alpha value is -3.31. The Labute approximate surface area is 192 Å². The Morgan fingerprint density at radius 3 is 2.28 bits per heavy atom. The van der Waals surface area contributed by atoms with E-state index in [4.69, 9.17) is 4.74 Å². The van der Waals surface area contributed by atoms with E-state index in [0.29, 0.717) is 28.5 Å². The second-order valence-electron chi connectivity index (χ2n) is 7.67. The van der Waals surface area contributed by atoms with Crippen LogP contribution in [0.2, 0.25) is 0 Å². The van der Waals surface area contributed by atoms with Crippen molar-refractivity contribution in [3.8, 4) is 5.75 Å². The highest BCUT2D eigenvalue weighted by molar-refractivity contribution is 8.03. The van der Waals surface area contributed by atoms with Crippen LogP contribution in [-0.2, 0) is 15.3 Å². The molecule has 0 saturated heterocycles. The summed E-state index contributed by atoms with van der Waals surface area (Å²) in [5.74, 6) is 0.784. The lowest BCUT2D eigenvalue weighted by atomic mass is 10.1. The van der Waals surface area contributed by atoms with E-state index in [1.165, 1.54) is 16.7 Å². The van der Waals surface area contributed by atoms with Crippen LogP contribution >= 0.6 is 11.8 Å². The molecule has 5 heteroatoms. The number of imide groups is 1. The van der Waals surface area contributed by atoms with Crippen LogP contribution in [0.25, 0.3) is 5.57 Å². The summed E-state index contributed by atoms with van der Waals surface area (Å²) in [7, 11) is 0. The maximum atomic E-state index is 13.6. The second-order valence-corrected chi connectivity index (χ2v) is 8.66. The van der Waals surface area contributed by atoms with Crippen LogP contribution in [0.4, 0.5) is 5.69 Å². The van der Waals surface area contributed by atoms with Crippen molar-refractivity contribution >= 4 is 34.8 Å². The van der Waals surface area contributed by atoms with Crippen molar-refractivity contribution in [2.45, 2.75) is 26.5 Å². The van der Waals surface area contributed by atoms with Gasteiger partial charge >= 0.3 is 0 Å². The Kier molecular flexibility index (Phi) is 6.47. The minimum Gasteiger partial charge on any atom is -0.494 e. The molecule has 1 aliphatic heterocycles. The molecule has 2 amide bonds. The van der Waals surface area contributed by atoms with Gasteiger partial charge in [0, 0.05) is 5.75 Å². The average Bonchev–Trinajstić information content (AvgIpc) is 3.05. The molecule has 0 radical (unpaired) electrons. The number of benzene rings is 3. The molecule has 0 N–H and O–H groups in total. The van der Waals surface area contributed by atoms with Crippen molar-refractivity contribution in [2.24, 2.45) is 0 Å². The standard InChI is InChI=1S/C27H25NO3S/c1-4-31-22-14-12-21(13-15-22)24-25(32-17-20-8-6-5-7-9-20)27(30)28(26(24)29)23-16-18(2)10-11-19(23)3/h5-16H,4,17H2,1-3H3. The number of thioether (sulfide) groups is 1. The van der Waals surface area contributed by atoms with Gasteiger partial charge in [-0.2, -0.15) is 0 Å². The quantitative estimate of drug-likeness (QED) is 0.425. The third kappa shape index (κ3) is 4.34. The molecule has 0 bridgehead atoms. The van der Waals surface area contributed by atoms with E-state index in [0.717, 1.165) is 28.0 Å².